The molecule has 0 aromatic heterocycles. The lowest BCUT2D eigenvalue weighted by Gasteiger charge is -2.44. The quantitative estimate of drug-likeness (QED) is 0.0596. The largest absolute Gasteiger partial charge is 0.384 e. The van der Waals surface area contributed by atoms with E-state index in [1.807, 2.05) is 0 Å². The molecular weight excluding hydrogens is 1250 g/mol. The van der Waals surface area contributed by atoms with E-state index >= 15 is 0 Å². The predicted molar refractivity (Wildman–Crippen MR) is 441 cm³/mol. The van der Waals surface area contributed by atoms with Crippen LogP contribution in [0.5, 0.6) is 0 Å². The predicted octanol–water partition coefficient (Wildman–Crippen LogP) is 24.9. The molecule has 6 aliphatic carbocycles. The zero-order valence-electron chi connectivity index (χ0n) is 66.2. The summed E-state index contributed by atoms with van der Waals surface area (Å²) in [7, 11) is 0. The van der Waals surface area contributed by atoms with Crippen LogP contribution in [0.15, 0.2) is 121 Å². The zero-order valence-corrected chi connectivity index (χ0v) is 66.2. The summed E-state index contributed by atoms with van der Waals surface area (Å²) in [6.07, 6.45) is 29.0. The van der Waals surface area contributed by atoms with E-state index < -0.39 is 0 Å². The van der Waals surface area contributed by atoms with Crippen LogP contribution in [0.4, 0.5) is 0 Å². The molecule has 0 unspecified atom stereocenters. The van der Waals surface area contributed by atoms with Gasteiger partial charge in [-0.1, -0.05) is 314 Å². The molecule has 0 radical (unpaired) electrons. The van der Waals surface area contributed by atoms with Crippen molar-refractivity contribution in [1.82, 2.24) is 0 Å². The molecule has 0 saturated heterocycles. The van der Waals surface area contributed by atoms with Gasteiger partial charge in [-0.15, -0.1) is 6.42 Å². The number of terminal acetylenes is 1. The second-order valence-corrected chi connectivity index (χ2v) is 35.0. The van der Waals surface area contributed by atoms with Crippen molar-refractivity contribution in [3.63, 3.8) is 0 Å². The van der Waals surface area contributed by atoms with Gasteiger partial charge in [-0.05, 0) is 233 Å². The topological polar surface area (TPSA) is 20.2 Å². The monoisotopic (exact) mass is 1370 g/mol. The standard InChI is InChI=1S/C103H116O/c1-18-23-27-31-36-72-61-77(73(37-32-28-24-19-2)60-76(72)40-35-59-104)49-46-70-43-44-71(95-94(70)98-86-57-53-83(103(15,16)17)67-91(86)99(95)87-58-54-82(66-90(87)98)102(12,13)14)47-50-79-63-74(38-33-29-25-20-3)78(62-75(79)39-34-30-26-21-4)48-45-69-42-41-68(22-5)92-93(69)97-85-56-52-80(100(6,7)8)64-88(85)96(92)84-55-51-81(65-89(84)97)101(9,10)11/h5,41-44,51-58,60-67,96-99,104H,18-21,23-34,36-39,59H2,1-4,6-17H3/t96-,97-,98-,99-/m0/s1. The summed E-state index contributed by atoms with van der Waals surface area (Å²) in [5, 5.41) is 9.97. The summed E-state index contributed by atoms with van der Waals surface area (Å²) in [5.74, 6) is 33.5. The second-order valence-electron chi connectivity index (χ2n) is 35.0. The molecule has 8 aromatic carbocycles. The Hall–Kier alpha value is -8.48. The Morgan fingerprint density at radius 2 is 0.519 bits per heavy atom. The Balaban J connectivity index is 1.05. The fourth-order valence-electron chi connectivity index (χ4n) is 17.3. The molecular formula is C103H116O. The number of aliphatic hydroxyl groups is 1. The van der Waals surface area contributed by atoms with Crippen LogP contribution in [0.25, 0.3) is 0 Å². The van der Waals surface area contributed by atoms with Crippen LogP contribution < -0.4 is 0 Å². The highest BCUT2D eigenvalue weighted by atomic mass is 16.2. The summed E-state index contributed by atoms with van der Waals surface area (Å²) < 4.78 is 0. The molecule has 0 fully saturated rings. The molecule has 1 N–H and O–H groups in total. The number of aryl methyl sites for hydroxylation is 4. The van der Waals surface area contributed by atoms with Crippen LogP contribution in [0.3, 0.4) is 0 Å². The van der Waals surface area contributed by atoms with E-state index in [4.69, 9.17) is 6.42 Å². The van der Waals surface area contributed by atoms with Crippen LogP contribution in [-0.2, 0) is 47.3 Å². The molecule has 1 nitrogen and oxygen atoms in total. The number of unbranched alkanes of at least 4 members (excludes halogenated alkanes) is 12. The Morgan fingerprint density at radius 3 is 0.760 bits per heavy atom. The van der Waals surface area contributed by atoms with Crippen LogP contribution in [0.1, 0.15) is 393 Å². The molecule has 8 aromatic rings. The van der Waals surface area contributed by atoms with Crippen molar-refractivity contribution < 1.29 is 5.11 Å². The first-order valence-electron chi connectivity index (χ1n) is 40.2. The first kappa shape index (κ1) is 75.2. The molecule has 104 heavy (non-hydrogen) atoms. The number of aliphatic hydroxyl groups excluding tert-OH is 1. The van der Waals surface area contributed by atoms with Crippen LogP contribution in [0, 0.1) is 59.7 Å². The van der Waals surface area contributed by atoms with Gasteiger partial charge in [0, 0.05) is 68.2 Å². The van der Waals surface area contributed by atoms with Gasteiger partial charge in [-0.2, -0.15) is 0 Å². The lowest BCUT2D eigenvalue weighted by Crippen LogP contribution is -2.30. The van der Waals surface area contributed by atoms with Gasteiger partial charge in [0.25, 0.3) is 0 Å². The first-order chi connectivity index (χ1) is 49.9. The third kappa shape index (κ3) is 15.6. The van der Waals surface area contributed by atoms with Gasteiger partial charge >= 0.3 is 0 Å². The highest BCUT2D eigenvalue weighted by Crippen LogP contribution is 2.60. The Morgan fingerprint density at radius 1 is 0.279 bits per heavy atom. The Kier molecular flexibility index (Phi) is 22.9. The average molecular weight is 1370 g/mol. The van der Waals surface area contributed by atoms with Gasteiger partial charge in [0.1, 0.15) is 6.61 Å². The number of benzene rings is 8. The lowest BCUT2D eigenvalue weighted by molar-refractivity contribution is 0.350. The molecule has 0 spiro atoms. The van der Waals surface area contributed by atoms with E-state index in [1.165, 1.54) is 188 Å². The van der Waals surface area contributed by atoms with Gasteiger partial charge in [-0.3, -0.25) is 0 Å². The average Bonchev–Trinajstić information content (AvgIpc) is 0.697. The Bertz CT molecular complexity index is 4870. The third-order valence-corrected chi connectivity index (χ3v) is 23.3. The SMILES string of the molecule is C#Cc1ccc(C#Cc2cc(CCCCCC)c(C#Cc3ccc(C#Cc4cc(CCCCCC)c(C#CCO)cc4CCCCCC)c4c3[C@H]3c5ccc(C(C)(C)C)cc5[C@@H]4c4ccc(C(C)(C)C)cc43)cc2CCCCCC)c2c1[C@H]1c3ccc(C(C)(C)C)cc3[C@@H]2c2ccc(C(C)(C)C)cc21. The van der Waals surface area contributed by atoms with Crippen molar-refractivity contribution in [2.75, 3.05) is 6.61 Å². The fourth-order valence-corrected chi connectivity index (χ4v) is 17.3. The van der Waals surface area contributed by atoms with Crippen LogP contribution in [0.2, 0.25) is 0 Å². The van der Waals surface area contributed by atoms with Crippen molar-refractivity contribution in [3.05, 3.63) is 277 Å². The fraction of sp³-hybridized carbons (Fsp3) is 0.437. The van der Waals surface area contributed by atoms with E-state index in [1.54, 1.807) is 0 Å². The van der Waals surface area contributed by atoms with E-state index in [2.05, 4.69) is 285 Å². The smallest absolute Gasteiger partial charge is 0.104 e. The van der Waals surface area contributed by atoms with Crippen molar-refractivity contribution in [2.45, 2.75) is 285 Å². The van der Waals surface area contributed by atoms with Gasteiger partial charge in [0.05, 0.1) is 0 Å². The number of hydrogen-bond donors (Lipinski definition) is 1. The van der Waals surface area contributed by atoms with E-state index in [-0.39, 0.29) is 51.9 Å². The molecule has 6 aliphatic rings. The van der Waals surface area contributed by atoms with E-state index in [9.17, 15) is 5.11 Å². The maximum Gasteiger partial charge on any atom is 0.104 e. The maximum absolute atomic E-state index is 9.97. The van der Waals surface area contributed by atoms with Crippen LogP contribution in [-0.4, -0.2) is 11.7 Å². The minimum absolute atomic E-state index is 0.00162. The minimum Gasteiger partial charge on any atom is -0.384 e. The van der Waals surface area contributed by atoms with Crippen molar-refractivity contribution in [2.24, 2.45) is 0 Å². The number of hydrogen-bond acceptors (Lipinski definition) is 1. The molecule has 14 rings (SSSR count). The van der Waals surface area contributed by atoms with Crippen molar-refractivity contribution >= 4 is 0 Å². The molecule has 0 saturated carbocycles. The molecule has 4 bridgehead atoms. The molecule has 0 aliphatic heterocycles. The second kappa shape index (κ2) is 31.7. The first-order valence-corrected chi connectivity index (χ1v) is 40.2. The van der Waals surface area contributed by atoms with Crippen molar-refractivity contribution in [1.29, 1.82) is 0 Å². The van der Waals surface area contributed by atoms with Gasteiger partial charge in [0.2, 0.25) is 0 Å². The number of rotatable bonds is 20. The van der Waals surface area contributed by atoms with E-state index in [0.29, 0.717) is 0 Å². The molecule has 0 amide bonds. The maximum atomic E-state index is 9.97. The van der Waals surface area contributed by atoms with Gasteiger partial charge in [-0.25, -0.2) is 0 Å². The van der Waals surface area contributed by atoms with Gasteiger partial charge < -0.3 is 5.11 Å². The normalized spacial score (nSPS) is 15.7. The molecule has 534 valence electrons. The lowest BCUT2D eigenvalue weighted by atomic mass is 9.58. The summed E-state index contributed by atoms with van der Waals surface area (Å²) in [6.45, 7) is 37.1. The van der Waals surface area contributed by atoms with Gasteiger partial charge in [0.15, 0.2) is 0 Å². The summed E-state index contributed by atoms with van der Waals surface area (Å²) in [4.78, 5) is 0. The highest BCUT2D eigenvalue weighted by Gasteiger charge is 2.47. The molecule has 4 atom stereocenters. The minimum atomic E-state index is -0.156. The molecule has 0 heterocycles. The van der Waals surface area contributed by atoms with Crippen molar-refractivity contribution in [3.8, 4) is 59.7 Å². The molecule has 1 heteroatoms. The zero-order chi connectivity index (χ0) is 73.8. The third-order valence-electron chi connectivity index (χ3n) is 23.3. The highest BCUT2D eigenvalue weighted by molar-refractivity contribution is 5.78. The summed E-state index contributed by atoms with van der Waals surface area (Å²) >= 11 is 0. The summed E-state index contributed by atoms with van der Waals surface area (Å²) in [6, 6.07) is 48.2. The Labute approximate surface area is 629 Å². The summed E-state index contributed by atoms with van der Waals surface area (Å²) in [5.41, 5.74) is 35.2. The van der Waals surface area contributed by atoms with E-state index in [0.717, 1.165) is 95.9 Å². The van der Waals surface area contributed by atoms with Crippen LogP contribution >= 0.6 is 0 Å².